The summed E-state index contributed by atoms with van der Waals surface area (Å²) in [7, 11) is 1.14. The summed E-state index contributed by atoms with van der Waals surface area (Å²) < 4.78 is 7.12. The van der Waals surface area contributed by atoms with Gasteiger partial charge in [-0.2, -0.15) is 0 Å². The first-order valence-corrected chi connectivity index (χ1v) is 7.73. The Hall–Kier alpha value is 0.165. The molecule has 0 N–H and O–H groups in total. The highest BCUT2D eigenvalue weighted by Gasteiger charge is 2.13. The van der Waals surface area contributed by atoms with Crippen molar-refractivity contribution in [1.29, 1.82) is 0 Å². The van der Waals surface area contributed by atoms with E-state index < -0.39 is 0 Å². The van der Waals surface area contributed by atoms with Crippen LogP contribution in [0.2, 0.25) is 6.82 Å². The van der Waals surface area contributed by atoms with Gasteiger partial charge in [0.25, 0.3) is 0 Å². The zero-order valence-corrected chi connectivity index (χ0v) is 11.5. The minimum Gasteiger partial charge on any atom is -0.142 e. The molecule has 0 aliphatic heterocycles. The van der Waals surface area contributed by atoms with Gasteiger partial charge in [0.05, 0.1) is 14.1 Å². The molecule has 0 amide bonds. The fourth-order valence-corrected chi connectivity index (χ4v) is 6.38. The van der Waals surface area contributed by atoms with Crippen molar-refractivity contribution in [3.05, 3.63) is 15.2 Å². The lowest BCUT2D eigenvalue weighted by atomic mass is 9.75. The van der Waals surface area contributed by atoms with E-state index in [1.165, 1.54) is 28.7 Å². The minimum absolute atomic E-state index is 1.14. The van der Waals surface area contributed by atoms with Crippen LogP contribution < -0.4 is 5.46 Å². The van der Waals surface area contributed by atoms with Gasteiger partial charge >= 0.3 is 0 Å². The Morgan fingerprint density at radius 2 is 1.79 bits per heavy atom. The van der Waals surface area contributed by atoms with Gasteiger partial charge in [0, 0.05) is 14.6 Å². The summed E-state index contributed by atoms with van der Waals surface area (Å²) in [5, 5.41) is 4.49. The molecule has 0 radical (unpaired) electrons. The molecule has 0 aliphatic rings. The Morgan fingerprint density at radius 3 is 2.57 bits per heavy atom. The van der Waals surface area contributed by atoms with Gasteiger partial charge in [-0.1, -0.05) is 12.3 Å². The number of hydrogen-bond donors (Lipinski definition) is 0. The van der Waals surface area contributed by atoms with Gasteiger partial charge in [-0.25, -0.2) is 0 Å². The second-order valence-corrected chi connectivity index (χ2v) is 6.75. The van der Waals surface area contributed by atoms with Crippen molar-refractivity contribution in [2.24, 2.45) is 0 Å². The fourth-order valence-electron chi connectivity index (χ4n) is 1.58. The zero-order chi connectivity index (χ0) is 9.71. The van der Waals surface area contributed by atoms with Gasteiger partial charge in [-0.3, -0.25) is 0 Å². The molecular formula is C9H6BBrS3. The van der Waals surface area contributed by atoms with Crippen molar-refractivity contribution in [3.8, 4) is 0 Å². The summed E-state index contributed by atoms with van der Waals surface area (Å²) in [6.07, 6.45) is 0. The summed E-state index contributed by atoms with van der Waals surface area (Å²) in [5.41, 5.74) is 1.50. The van der Waals surface area contributed by atoms with Gasteiger partial charge in [0.15, 0.2) is 7.28 Å². The number of halogens is 1. The summed E-state index contributed by atoms with van der Waals surface area (Å²) in [6.45, 7) is 2.23. The second-order valence-electron chi connectivity index (χ2n) is 3.12. The maximum atomic E-state index is 3.60. The molecule has 3 aromatic rings. The molecule has 0 spiro atoms. The average Bonchev–Trinajstić information content (AvgIpc) is 2.78. The Bertz CT molecular complexity index is 604. The molecule has 0 unspecified atom stereocenters. The van der Waals surface area contributed by atoms with Crippen LogP contribution in [0.3, 0.4) is 0 Å². The third kappa shape index (κ3) is 1.16. The van der Waals surface area contributed by atoms with Crippen molar-refractivity contribution >= 4 is 81.5 Å². The van der Waals surface area contributed by atoms with E-state index in [-0.39, 0.29) is 0 Å². The first-order valence-electron chi connectivity index (χ1n) is 4.36. The quantitative estimate of drug-likeness (QED) is 0.595. The summed E-state index contributed by atoms with van der Waals surface area (Å²) in [5.74, 6) is 0. The van der Waals surface area contributed by atoms with Gasteiger partial charge < -0.3 is 0 Å². The molecular weight excluding hydrogens is 295 g/mol. The van der Waals surface area contributed by atoms with E-state index in [1.54, 1.807) is 0 Å². The van der Waals surface area contributed by atoms with E-state index in [1.807, 2.05) is 34.0 Å². The molecule has 0 saturated heterocycles. The number of thiophene rings is 3. The van der Waals surface area contributed by atoms with Crippen molar-refractivity contribution in [2.45, 2.75) is 6.82 Å². The molecule has 0 nitrogen and oxygen atoms in total. The van der Waals surface area contributed by atoms with Crippen LogP contribution in [0.15, 0.2) is 15.2 Å². The zero-order valence-electron chi connectivity index (χ0n) is 7.46. The fraction of sp³-hybridized carbons (Fsp3) is 0.111. The lowest BCUT2D eigenvalue weighted by molar-refractivity contribution is 2.09. The van der Waals surface area contributed by atoms with Crippen LogP contribution in [0.25, 0.3) is 18.8 Å². The number of hydrogen-bond acceptors (Lipinski definition) is 3. The molecule has 3 heterocycles. The lowest BCUT2D eigenvalue weighted by Crippen LogP contribution is -2.05. The third-order valence-corrected chi connectivity index (χ3v) is 7.23. The van der Waals surface area contributed by atoms with Gasteiger partial charge in [-0.15, -0.1) is 34.0 Å². The molecule has 0 atom stereocenters. The van der Waals surface area contributed by atoms with E-state index in [4.69, 9.17) is 0 Å². The minimum atomic E-state index is 1.14. The van der Waals surface area contributed by atoms with Crippen molar-refractivity contribution in [3.63, 3.8) is 0 Å². The standard InChI is InChI=1S/C9H6BBrS3/c1-10-4-2-12-8-6(4)14-7-5(11)3-13-9(7)8/h2-3,10H,1H3. The predicted molar refractivity (Wildman–Crippen MR) is 75.4 cm³/mol. The highest BCUT2D eigenvalue weighted by molar-refractivity contribution is 9.10. The first kappa shape index (κ1) is 9.40. The van der Waals surface area contributed by atoms with Gasteiger partial charge in [0.1, 0.15) is 0 Å². The largest absolute Gasteiger partial charge is 0.157 e. The molecule has 5 heteroatoms. The summed E-state index contributed by atoms with van der Waals surface area (Å²) >= 11 is 9.26. The van der Waals surface area contributed by atoms with E-state index in [2.05, 4.69) is 33.5 Å². The molecule has 0 fully saturated rings. The monoisotopic (exact) mass is 300 g/mol. The molecule has 0 bridgehead atoms. The Labute approximate surface area is 103 Å². The van der Waals surface area contributed by atoms with Crippen LogP contribution in [0.4, 0.5) is 0 Å². The molecule has 3 aromatic heterocycles. The average molecular weight is 301 g/mol. The van der Waals surface area contributed by atoms with Crippen LogP contribution in [0.5, 0.6) is 0 Å². The molecule has 70 valence electrons. The SMILES string of the molecule is CBc1csc2c1sc1c(Br)csc12. The van der Waals surface area contributed by atoms with E-state index >= 15 is 0 Å². The molecule has 0 aromatic carbocycles. The highest BCUT2D eigenvalue weighted by atomic mass is 79.9. The third-order valence-electron chi connectivity index (χ3n) is 2.31. The summed E-state index contributed by atoms with van der Waals surface area (Å²) in [4.78, 5) is 0. The van der Waals surface area contributed by atoms with Crippen LogP contribution in [0.1, 0.15) is 0 Å². The molecule has 3 rings (SSSR count). The topological polar surface area (TPSA) is 0 Å². The van der Waals surface area contributed by atoms with Crippen molar-refractivity contribution in [2.75, 3.05) is 0 Å². The Kier molecular flexibility index (Phi) is 2.24. The van der Waals surface area contributed by atoms with Crippen LogP contribution >= 0.6 is 49.9 Å². The van der Waals surface area contributed by atoms with Gasteiger partial charge in [-0.05, 0) is 21.3 Å². The second kappa shape index (κ2) is 3.34. The highest BCUT2D eigenvalue weighted by Crippen LogP contribution is 2.43. The molecule has 0 saturated carbocycles. The van der Waals surface area contributed by atoms with E-state index in [0.717, 1.165) is 7.28 Å². The van der Waals surface area contributed by atoms with E-state index in [9.17, 15) is 0 Å². The Balaban J connectivity index is 2.51. The van der Waals surface area contributed by atoms with Crippen molar-refractivity contribution in [1.82, 2.24) is 0 Å². The number of rotatable bonds is 1. The van der Waals surface area contributed by atoms with Gasteiger partial charge in [0.2, 0.25) is 0 Å². The summed E-state index contributed by atoms with van der Waals surface area (Å²) in [6, 6.07) is 0. The number of fused-ring (bicyclic) bond motifs is 3. The maximum Gasteiger partial charge on any atom is 0.157 e. The molecule has 0 aliphatic carbocycles. The van der Waals surface area contributed by atoms with Crippen LogP contribution in [-0.4, -0.2) is 7.28 Å². The van der Waals surface area contributed by atoms with E-state index in [0.29, 0.717) is 0 Å². The van der Waals surface area contributed by atoms with Crippen LogP contribution in [0, 0.1) is 0 Å². The maximum absolute atomic E-state index is 3.60. The Morgan fingerprint density at radius 1 is 1.07 bits per heavy atom. The van der Waals surface area contributed by atoms with Crippen molar-refractivity contribution < 1.29 is 0 Å². The predicted octanol–water partition coefficient (Wildman–Crippen LogP) is 4.05. The molecule has 14 heavy (non-hydrogen) atoms. The smallest absolute Gasteiger partial charge is 0.142 e. The normalized spacial score (nSPS) is 11.6. The lowest BCUT2D eigenvalue weighted by Gasteiger charge is -1.84. The first-order chi connectivity index (χ1) is 6.81. The van der Waals surface area contributed by atoms with Crippen LogP contribution in [-0.2, 0) is 0 Å².